The minimum absolute atomic E-state index is 0.476. The Morgan fingerprint density at radius 1 is 1.24 bits per heavy atom. The lowest BCUT2D eigenvalue weighted by molar-refractivity contribution is 0.327. The van der Waals surface area contributed by atoms with Crippen molar-refractivity contribution in [3.8, 4) is 5.88 Å². The molecule has 0 fully saturated rings. The maximum absolute atomic E-state index is 5.76. The van der Waals surface area contributed by atoms with Gasteiger partial charge in [-0.25, -0.2) is 0 Å². The molecule has 2 N–H and O–H groups in total. The van der Waals surface area contributed by atoms with E-state index in [0.717, 1.165) is 18.8 Å². The largest absolute Gasteiger partial charge is 0.478 e. The average molecular weight is 283 g/mol. The summed E-state index contributed by atoms with van der Waals surface area (Å²) < 4.78 is 5.51. The third-order valence-electron chi connectivity index (χ3n) is 3.86. The van der Waals surface area contributed by atoms with Gasteiger partial charge in [0.25, 0.3) is 0 Å². The van der Waals surface area contributed by atoms with Crippen LogP contribution in [0.4, 0.5) is 11.5 Å². The van der Waals surface area contributed by atoms with E-state index in [0.29, 0.717) is 24.9 Å². The molecule has 4 nitrogen and oxygen atoms in total. The molecule has 1 aliphatic rings. The lowest BCUT2D eigenvalue weighted by Crippen LogP contribution is -2.18. The molecule has 110 valence electrons. The predicted octanol–water partition coefficient (Wildman–Crippen LogP) is 3.06. The fourth-order valence-electron chi connectivity index (χ4n) is 2.94. The van der Waals surface area contributed by atoms with Gasteiger partial charge in [-0.15, -0.1) is 0 Å². The Hall–Kier alpha value is -2.07. The Balaban J connectivity index is 1.94. The van der Waals surface area contributed by atoms with E-state index in [1.807, 2.05) is 25.1 Å². The maximum Gasteiger partial charge on any atom is 0.215 e. The number of fused-ring (bicyclic) bond motifs is 1. The molecule has 2 aromatic rings. The van der Waals surface area contributed by atoms with Crippen molar-refractivity contribution in [2.24, 2.45) is 5.73 Å². The van der Waals surface area contributed by atoms with Crippen molar-refractivity contribution in [1.29, 1.82) is 0 Å². The van der Waals surface area contributed by atoms with Crippen LogP contribution in [0.25, 0.3) is 0 Å². The van der Waals surface area contributed by atoms with Crippen molar-refractivity contribution in [1.82, 2.24) is 4.98 Å². The Kier molecular flexibility index (Phi) is 4.06. The summed E-state index contributed by atoms with van der Waals surface area (Å²) in [6.07, 6.45) is 0.999. The normalized spacial score (nSPS) is 16.9. The molecule has 0 amide bonds. The molecule has 21 heavy (non-hydrogen) atoms. The minimum atomic E-state index is 0.476. The fraction of sp³-hybridized carbons (Fsp3) is 0.353. The van der Waals surface area contributed by atoms with E-state index in [4.69, 9.17) is 10.5 Å². The number of anilines is 2. The van der Waals surface area contributed by atoms with Gasteiger partial charge in [0.05, 0.1) is 6.61 Å². The first-order valence-electron chi connectivity index (χ1n) is 7.50. The number of benzene rings is 1. The molecule has 0 spiro atoms. The van der Waals surface area contributed by atoms with E-state index < -0.39 is 0 Å². The summed E-state index contributed by atoms with van der Waals surface area (Å²) in [5.41, 5.74) is 8.36. The van der Waals surface area contributed by atoms with Crippen molar-refractivity contribution in [2.75, 3.05) is 24.6 Å². The first-order chi connectivity index (χ1) is 10.3. The highest BCUT2D eigenvalue weighted by Gasteiger charge is 2.29. The van der Waals surface area contributed by atoms with Crippen LogP contribution in [0.3, 0.4) is 0 Å². The van der Waals surface area contributed by atoms with Gasteiger partial charge >= 0.3 is 0 Å². The van der Waals surface area contributed by atoms with Gasteiger partial charge < -0.3 is 15.4 Å². The second-order valence-electron chi connectivity index (χ2n) is 5.21. The van der Waals surface area contributed by atoms with Gasteiger partial charge in [-0.2, -0.15) is 4.98 Å². The molecule has 1 aromatic carbocycles. The first-order valence-corrected chi connectivity index (χ1v) is 7.50. The number of pyridine rings is 1. The van der Waals surface area contributed by atoms with Gasteiger partial charge in [-0.3, -0.25) is 0 Å². The van der Waals surface area contributed by atoms with Gasteiger partial charge in [0.15, 0.2) is 0 Å². The molecule has 0 aliphatic carbocycles. The second kappa shape index (κ2) is 6.14. The zero-order valence-corrected chi connectivity index (χ0v) is 12.3. The van der Waals surface area contributed by atoms with Crippen molar-refractivity contribution >= 4 is 11.5 Å². The molecule has 0 saturated carbocycles. The molecular weight excluding hydrogens is 262 g/mol. The summed E-state index contributed by atoms with van der Waals surface area (Å²) in [5, 5.41) is 0. The molecule has 0 radical (unpaired) electrons. The highest BCUT2D eigenvalue weighted by Crippen LogP contribution is 2.41. The summed E-state index contributed by atoms with van der Waals surface area (Å²) in [5.74, 6) is 2.09. The SMILES string of the molecule is CCOc1cccc(N2CC(CCN)c3ccccc32)n1. The number of ether oxygens (including phenoxy) is 1. The number of nitrogens with two attached hydrogens (primary N) is 1. The van der Waals surface area contributed by atoms with E-state index in [2.05, 4.69) is 34.1 Å². The van der Waals surface area contributed by atoms with Gasteiger partial charge in [0.2, 0.25) is 5.88 Å². The smallest absolute Gasteiger partial charge is 0.215 e. The van der Waals surface area contributed by atoms with Crippen LogP contribution in [-0.4, -0.2) is 24.7 Å². The predicted molar refractivity (Wildman–Crippen MR) is 85.3 cm³/mol. The van der Waals surface area contributed by atoms with Crippen molar-refractivity contribution in [3.63, 3.8) is 0 Å². The van der Waals surface area contributed by atoms with Crippen LogP contribution in [0.5, 0.6) is 5.88 Å². The van der Waals surface area contributed by atoms with E-state index >= 15 is 0 Å². The highest BCUT2D eigenvalue weighted by molar-refractivity contribution is 5.69. The molecule has 1 aromatic heterocycles. The quantitative estimate of drug-likeness (QED) is 0.916. The number of rotatable bonds is 5. The summed E-state index contributed by atoms with van der Waals surface area (Å²) >= 11 is 0. The van der Waals surface area contributed by atoms with Crippen molar-refractivity contribution < 1.29 is 4.74 Å². The number of hydrogen-bond donors (Lipinski definition) is 1. The topological polar surface area (TPSA) is 51.4 Å². The second-order valence-corrected chi connectivity index (χ2v) is 5.21. The van der Waals surface area contributed by atoms with Crippen molar-refractivity contribution in [2.45, 2.75) is 19.3 Å². The Bertz CT molecular complexity index is 614. The summed E-state index contributed by atoms with van der Waals surface area (Å²) in [7, 11) is 0. The monoisotopic (exact) mass is 283 g/mol. The number of hydrogen-bond acceptors (Lipinski definition) is 4. The molecule has 0 bridgehead atoms. The average Bonchev–Trinajstić information content (AvgIpc) is 2.88. The van der Waals surface area contributed by atoms with Crippen LogP contribution in [0.1, 0.15) is 24.8 Å². The van der Waals surface area contributed by atoms with E-state index in [1.165, 1.54) is 11.3 Å². The third-order valence-corrected chi connectivity index (χ3v) is 3.86. The zero-order chi connectivity index (χ0) is 14.7. The molecule has 0 saturated heterocycles. The number of para-hydroxylation sites is 1. The van der Waals surface area contributed by atoms with Crippen LogP contribution in [0, 0.1) is 0 Å². The van der Waals surface area contributed by atoms with Gasteiger partial charge in [-0.05, 0) is 37.6 Å². The lowest BCUT2D eigenvalue weighted by Gasteiger charge is -2.19. The third kappa shape index (κ3) is 2.72. The van der Waals surface area contributed by atoms with E-state index in [9.17, 15) is 0 Å². The number of nitrogens with zero attached hydrogens (tertiary/aromatic N) is 2. The van der Waals surface area contributed by atoms with Gasteiger partial charge in [0, 0.05) is 24.2 Å². The molecule has 1 unspecified atom stereocenters. The van der Waals surface area contributed by atoms with Crippen LogP contribution in [0.2, 0.25) is 0 Å². The lowest BCUT2D eigenvalue weighted by atomic mass is 9.98. The van der Waals surface area contributed by atoms with Gasteiger partial charge in [-0.1, -0.05) is 24.3 Å². The van der Waals surface area contributed by atoms with E-state index in [-0.39, 0.29) is 0 Å². The summed E-state index contributed by atoms with van der Waals surface area (Å²) in [6, 6.07) is 14.4. The van der Waals surface area contributed by atoms with Crippen LogP contribution >= 0.6 is 0 Å². The van der Waals surface area contributed by atoms with Crippen LogP contribution < -0.4 is 15.4 Å². The van der Waals surface area contributed by atoms with Crippen LogP contribution in [0.15, 0.2) is 42.5 Å². The molecule has 2 heterocycles. The van der Waals surface area contributed by atoms with Crippen LogP contribution in [-0.2, 0) is 0 Å². The van der Waals surface area contributed by atoms with Gasteiger partial charge in [0.1, 0.15) is 5.82 Å². The van der Waals surface area contributed by atoms with E-state index in [1.54, 1.807) is 0 Å². The molecule has 4 heteroatoms. The Morgan fingerprint density at radius 3 is 2.90 bits per heavy atom. The molecule has 1 aliphatic heterocycles. The summed E-state index contributed by atoms with van der Waals surface area (Å²) in [6.45, 7) is 4.23. The first kappa shape index (κ1) is 13.9. The Labute approximate surface area is 125 Å². The zero-order valence-electron chi connectivity index (χ0n) is 12.3. The minimum Gasteiger partial charge on any atom is -0.478 e. The van der Waals surface area contributed by atoms with Crippen molar-refractivity contribution in [3.05, 3.63) is 48.0 Å². The Morgan fingerprint density at radius 2 is 2.10 bits per heavy atom. The molecular formula is C17H21N3O. The number of aromatic nitrogens is 1. The maximum atomic E-state index is 5.76. The molecule has 1 atom stereocenters. The standard InChI is InChI=1S/C17H21N3O/c1-2-21-17-9-5-8-16(19-17)20-12-13(10-11-18)14-6-3-4-7-15(14)20/h3-9,13H,2,10-12,18H2,1H3. The highest BCUT2D eigenvalue weighted by atomic mass is 16.5. The molecule has 3 rings (SSSR count). The summed E-state index contributed by atoms with van der Waals surface area (Å²) in [4.78, 5) is 6.87. The fourth-order valence-corrected chi connectivity index (χ4v) is 2.94.